The summed E-state index contributed by atoms with van der Waals surface area (Å²) in [4.78, 5) is 26.8. The Morgan fingerprint density at radius 2 is 2.04 bits per heavy atom. The molecule has 0 radical (unpaired) electrons. The molecule has 2 atom stereocenters. The maximum Gasteiger partial charge on any atom is 0.254 e. The Morgan fingerprint density at radius 1 is 1.22 bits per heavy atom. The van der Waals surface area contributed by atoms with E-state index in [9.17, 15) is 9.59 Å². The normalized spacial score (nSPS) is 24.0. The van der Waals surface area contributed by atoms with Crippen molar-refractivity contribution in [1.82, 2.24) is 15.5 Å². The average molecular weight is 356 g/mol. The van der Waals surface area contributed by atoms with Gasteiger partial charge in [-0.25, -0.2) is 0 Å². The molecule has 0 spiro atoms. The van der Waals surface area contributed by atoms with E-state index < -0.39 is 6.04 Å². The molecule has 3 rings (SSSR count). The van der Waals surface area contributed by atoms with Gasteiger partial charge in [-0.3, -0.25) is 9.59 Å². The van der Waals surface area contributed by atoms with Crippen LogP contribution in [0, 0.1) is 0 Å². The largest absolute Gasteiger partial charge is 0.350 e. The Balaban J connectivity index is 1.71. The second-order valence-corrected chi connectivity index (χ2v) is 6.80. The molecule has 0 aromatic heterocycles. The first-order chi connectivity index (χ1) is 11.1. The van der Waals surface area contributed by atoms with Gasteiger partial charge in [-0.05, 0) is 44.0 Å². The molecule has 1 aromatic rings. The smallest absolute Gasteiger partial charge is 0.254 e. The van der Waals surface area contributed by atoms with Crippen molar-refractivity contribution in [3.63, 3.8) is 0 Å². The summed E-state index contributed by atoms with van der Waals surface area (Å²) in [5.74, 6) is -0.240. The van der Waals surface area contributed by atoms with Crippen molar-refractivity contribution in [3.05, 3.63) is 33.8 Å². The third-order valence-electron chi connectivity index (χ3n) is 4.39. The Hall–Kier alpha value is -1.30. The van der Waals surface area contributed by atoms with E-state index in [0.29, 0.717) is 28.6 Å². The van der Waals surface area contributed by atoms with Crippen LogP contribution in [-0.2, 0) is 4.79 Å². The SMILES string of the molecule is O=C(NC1CCNC1)C1CCCN1C(=O)c1ccc(Cl)c(Cl)c1. The highest BCUT2D eigenvalue weighted by atomic mass is 35.5. The van der Waals surface area contributed by atoms with Crippen molar-refractivity contribution < 1.29 is 9.59 Å². The van der Waals surface area contributed by atoms with Crippen molar-refractivity contribution >= 4 is 35.0 Å². The van der Waals surface area contributed by atoms with Crippen LogP contribution in [0.4, 0.5) is 0 Å². The molecule has 0 bridgehead atoms. The van der Waals surface area contributed by atoms with Crippen LogP contribution in [-0.4, -0.2) is 48.4 Å². The van der Waals surface area contributed by atoms with Crippen molar-refractivity contribution in [2.24, 2.45) is 0 Å². The number of amides is 2. The van der Waals surface area contributed by atoms with Gasteiger partial charge >= 0.3 is 0 Å². The first-order valence-electron chi connectivity index (χ1n) is 7.83. The zero-order valence-corrected chi connectivity index (χ0v) is 14.2. The fraction of sp³-hybridized carbons (Fsp3) is 0.500. The van der Waals surface area contributed by atoms with Gasteiger partial charge in [0.1, 0.15) is 6.04 Å². The number of likely N-dealkylation sites (tertiary alicyclic amines) is 1. The summed E-state index contributed by atoms with van der Waals surface area (Å²) in [5.41, 5.74) is 0.460. The molecule has 2 aliphatic heterocycles. The number of hydrogen-bond acceptors (Lipinski definition) is 3. The lowest BCUT2D eigenvalue weighted by Gasteiger charge is -2.25. The van der Waals surface area contributed by atoms with E-state index in [1.165, 1.54) is 0 Å². The molecule has 2 heterocycles. The van der Waals surface area contributed by atoms with Crippen LogP contribution >= 0.6 is 23.2 Å². The minimum absolute atomic E-state index is 0.0652. The van der Waals surface area contributed by atoms with Gasteiger partial charge in [-0.1, -0.05) is 23.2 Å². The Kier molecular flexibility index (Phi) is 5.09. The number of halogens is 2. The van der Waals surface area contributed by atoms with E-state index in [0.717, 1.165) is 25.9 Å². The highest BCUT2D eigenvalue weighted by molar-refractivity contribution is 6.42. The minimum Gasteiger partial charge on any atom is -0.350 e. The average Bonchev–Trinajstić information content (AvgIpc) is 3.20. The van der Waals surface area contributed by atoms with Crippen molar-refractivity contribution in [2.45, 2.75) is 31.3 Å². The number of benzene rings is 1. The Bertz CT molecular complexity index is 617. The molecule has 2 aliphatic rings. The molecule has 124 valence electrons. The van der Waals surface area contributed by atoms with Gasteiger partial charge in [-0.15, -0.1) is 0 Å². The van der Waals surface area contributed by atoms with Gasteiger partial charge in [0.15, 0.2) is 0 Å². The molecule has 7 heteroatoms. The minimum atomic E-state index is -0.405. The van der Waals surface area contributed by atoms with Crippen LogP contribution in [0.1, 0.15) is 29.6 Å². The summed E-state index contributed by atoms with van der Waals surface area (Å²) in [6, 6.07) is 4.56. The number of nitrogens with one attached hydrogen (secondary N) is 2. The van der Waals surface area contributed by atoms with E-state index in [1.54, 1.807) is 23.1 Å². The zero-order chi connectivity index (χ0) is 16.4. The van der Waals surface area contributed by atoms with Gasteiger partial charge in [0.25, 0.3) is 5.91 Å². The van der Waals surface area contributed by atoms with Crippen LogP contribution < -0.4 is 10.6 Å². The van der Waals surface area contributed by atoms with Gasteiger partial charge < -0.3 is 15.5 Å². The van der Waals surface area contributed by atoms with Crippen molar-refractivity contribution in [2.75, 3.05) is 19.6 Å². The van der Waals surface area contributed by atoms with Crippen LogP contribution in [0.2, 0.25) is 10.0 Å². The third-order valence-corrected chi connectivity index (χ3v) is 5.13. The predicted molar refractivity (Wildman–Crippen MR) is 89.9 cm³/mol. The van der Waals surface area contributed by atoms with Crippen LogP contribution in [0.25, 0.3) is 0 Å². The topological polar surface area (TPSA) is 61.4 Å². The fourth-order valence-corrected chi connectivity index (χ4v) is 3.45. The monoisotopic (exact) mass is 355 g/mol. The number of nitrogens with zero attached hydrogens (tertiary/aromatic N) is 1. The van der Waals surface area contributed by atoms with Gasteiger partial charge in [-0.2, -0.15) is 0 Å². The van der Waals surface area contributed by atoms with E-state index >= 15 is 0 Å². The van der Waals surface area contributed by atoms with E-state index in [2.05, 4.69) is 10.6 Å². The molecule has 0 aliphatic carbocycles. The summed E-state index contributed by atoms with van der Waals surface area (Å²) >= 11 is 11.9. The maximum absolute atomic E-state index is 12.7. The van der Waals surface area contributed by atoms with E-state index in [4.69, 9.17) is 23.2 Å². The fourth-order valence-electron chi connectivity index (χ4n) is 3.15. The van der Waals surface area contributed by atoms with Crippen molar-refractivity contribution in [1.29, 1.82) is 0 Å². The third kappa shape index (κ3) is 3.62. The lowest BCUT2D eigenvalue weighted by molar-refractivity contribution is -0.125. The summed E-state index contributed by atoms with van der Waals surface area (Å²) < 4.78 is 0. The quantitative estimate of drug-likeness (QED) is 0.872. The first-order valence-corrected chi connectivity index (χ1v) is 8.59. The standard InChI is InChI=1S/C16H19Cl2N3O2/c17-12-4-3-10(8-13(12)18)16(23)21-7-1-2-14(21)15(22)20-11-5-6-19-9-11/h3-4,8,11,14,19H,1-2,5-7,9H2,(H,20,22). The second kappa shape index (κ2) is 7.07. The van der Waals surface area contributed by atoms with Crippen LogP contribution in [0.3, 0.4) is 0 Å². The number of hydrogen-bond donors (Lipinski definition) is 2. The molecule has 5 nitrogen and oxygen atoms in total. The summed E-state index contributed by atoms with van der Waals surface area (Å²) in [7, 11) is 0. The summed E-state index contributed by atoms with van der Waals surface area (Å²) in [6.07, 6.45) is 2.45. The number of carbonyl (C=O) groups is 2. The lowest BCUT2D eigenvalue weighted by atomic mass is 10.1. The lowest BCUT2D eigenvalue weighted by Crippen LogP contribution is -2.49. The highest BCUT2D eigenvalue weighted by Crippen LogP contribution is 2.26. The Labute approximate surface area is 145 Å². The molecule has 2 unspecified atom stereocenters. The number of rotatable bonds is 3. The zero-order valence-electron chi connectivity index (χ0n) is 12.6. The van der Waals surface area contributed by atoms with E-state index in [1.807, 2.05) is 0 Å². The van der Waals surface area contributed by atoms with Gasteiger partial charge in [0.05, 0.1) is 10.0 Å². The highest BCUT2D eigenvalue weighted by Gasteiger charge is 2.35. The van der Waals surface area contributed by atoms with Gasteiger partial charge in [0, 0.05) is 24.7 Å². The molecule has 2 saturated heterocycles. The molecule has 1 aromatic carbocycles. The van der Waals surface area contributed by atoms with Crippen LogP contribution in [0.5, 0.6) is 0 Å². The van der Waals surface area contributed by atoms with Gasteiger partial charge in [0.2, 0.25) is 5.91 Å². The van der Waals surface area contributed by atoms with Crippen LogP contribution in [0.15, 0.2) is 18.2 Å². The van der Waals surface area contributed by atoms with E-state index in [-0.39, 0.29) is 17.9 Å². The Morgan fingerprint density at radius 3 is 2.74 bits per heavy atom. The second-order valence-electron chi connectivity index (χ2n) is 5.98. The molecule has 2 N–H and O–H groups in total. The molecule has 2 fully saturated rings. The molecule has 0 saturated carbocycles. The molecule has 23 heavy (non-hydrogen) atoms. The molecular weight excluding hydrogens is 337 g/mol. The summed E-state index contributed by atoms with van der Waals surface area (Å²) in [5, 5.41) is 7.00. The maximum atomic E-state index is 12.7. The van der Waals surface area contributed by atoms with Crippen molar-refractivity contribution in [3.8, 4) is 0 Å². The predicted octanol–water partition coefficient (Wildman–Crippen LogP) is 2.08. The first kappa shape index (κ1) is 16.6. The molecule has 2 amide bonds. The molecular formula is C16H19Cl2N3O2. The number of carbonyl (C=O) groups excluding carboxylic acids is 2. The summed E-state index contributed by atoms with van der Waals surface area (Å²) in [6.45, 7) is 2.29.